The number of aromatic nitrogens is 2. The average molecular weight is 390 g/mol. The van der Waals surface area contributed by atoms with E-state index in [9.17, 15) is 4.79 Å². The lowest BCUT2D eigenvalue weighted by Crippen LogP contribution is -2.22. The van der Waals surface area contributed by atoms with E-state index in [1.807, 2.05) is 50.2 Å². The molecule has 0 aliphatic carbocycles. The van der Waals surface area contributed by atoms with Gasteiger partial charge in [-0.3, -0.25) is 10.1 Å². The molecule has 0 unspecified atom stereocenters. The van der Waals surface area contributed by atoms with E-state index < -0.39 is 0 Å². The highest BCUT2D eigenvalue weighted by molar-refractivity contribution is 8.00. The van der Waals surface area contributed by atoms with E-state index in [1.54, 1.807) is 12.1 Å². The summed E-state index contributed by atoms with van der Waals surface area (Å²) in [5, 5.41) is 12.7. The van der Waals surface area contributed by atoms with E-state index in [1.165, 1.54) is 28.7 Å². The maximum atomic E-state index is 12.4. The number of amides is 1. The zero-order valence-electron chi connectivity index (χ0n) is 13.7. The van der Waals surface area contributed by atoms with Gasteiger partial charge in [-0.25, -0.2) is 0 Å². The molecule has 25 heavy (non-hydrogen) atoms. The molecule has 1 atom stereocenters. The van der Waals surface area contributed by atoms with Gasteiger partial charge in [0.2, 0.25) is 11.0 Å². The molecule has 1 amide bonds. The first-order chi connectivity index (χ1) is 12.0. The predicted molar refractivity (Wildman–Crippen MR) is 105 cm³/mol. The van der Waals surface area contributed by atoms with Gasteiger partial charge in [0.05, 0.1) is 5.25 Å². The van der Waals surface area contributed by atoms with Crippen LogP contribution in [0.2, 0.25) is 5.02 Å². The van der Waals surface area contributed by atoms with Crippen LogP contribution in [0.15, 0.2) is 53.4 Å². The number of nitrogens with zero attached hydrogens (tertiary/aromatic N) is 2. The van der Waals surface area contributed by atoms with Crippen LogP contribution in [-0.4, -0.2) is 21.4 Å². The van der Waals surface area contributed by atoms with Crippen molar-refractivity contribution in [3.05, 3.63) is 59.1 Å². The van der Waals surface area contributed by atoms with Crippen molar-refractivity contribution in [2.45, 2.75) is 24.0 Å². The summed E-state index contributed by atoms with van der Waals surface area (Å²) in [4.78, 5) is 13.4. The number of aryl methyl sites for hydroxylation is 1. The smallest absolute Gasteiger partial charge is 0.239 e. The van der Waals surface area contributed by atoms with E-state index in [0.717, 1.165) is 15.5 Å². The Morgan fingerprint density at radius 1 is 1.12 bits per heavy atom. The Bertz CT molecular complexity index is 863. The number of carbonyl (C=O) groups is 1. The molecule has 1 heterocycles. The first-order valence-electron chi connectivity index (χ1n) is 7.65. The van der Waals surface area contributed by atoms with Gasteiger partial charge in [0.1, 0.15) is 5.01 Å². The molecule has 0 bridgehead atoms. The Hall–Kier alpha value is -1.89. The maximum Gasteiger partial charge on any atom is 0.239 e. The maximum absolute atomic E-state index is 12.4. The van der Waals surface area contributed by atoms with Gasteiger partial charge >= 0.3 is 0 Å². The monoisotopic (exact) mass is 389 g/mol. The highest BCUT2D eigenvalue weighted by Crippen LogP contribution is 2.29. The summed E-state index contributed by atoms with van der Waals surface area (Å²) in [6.07, 6.45) is 0. The van der Waals surface area contributed by atoms with Gasteiger partial charge in [-0.05, 0) is 38.1 Å². The molecule has 0 radical (unpaired) electrons. The van der Waals surface area contributed by atoms with E-state index in [4.69, 9.17) is 11.6 Å². The van der Waals surface area contributed by atoms with Crippen molar-refractivity contribution in [1.29, 1.82) is 0 Å². The van der Waals surface area contributed by atoms with Crippen LogP contribution in [0.4, 0.5) is 5.13 Å². The average Bonchev–Trinajstić information content (AvgIpc) is 3.06. The van der Waals surface area contributed by atoms with Crippen LogP contribution in [0.1, 0.15) is 12.5 Å². The normalized spacial score (nSPS) is 12.0. The van der Waals surface area contributed by atoms with Crippen molar-refractivity contribution < 1.29 is 4.79 Å². The Morgan fingerprint density at radius 2 is 1.80 bits per heavy atom. The second-order valence-electron chi connectivity index (χ2n) is 5.48. The molecule has 0 saturated carbocycles. The van der Waals surface area contributed by atoms with Gasteiger partial charge in [-0.15, -0.1) is 22.0 Å². The topological polar surface area (TPSA) is 54.9 Å². The molecule has 1 N–H and O–H groups in total. The molecule has 0 aliphatic rings. The Morgan fingerprint density at radius 3 is 2.48 bits per heavy atom. The highest BCUT2D eigenvalue weighted by atomic mass is 35.5. The number of benzene rings is 2. The van der Waals surface area contributed by atoms with Crippen molar-refractivity contribution in [2.24, 2.45) is 0 Å². The Kier molecular flexibility index (Phi) is 5.73. The molecule has 0 aliphatic heterocycles. The summed E-state index contributed by atoms with van der Waals surface area (Å²) >= 11 is 8.74. The van der Waals surface area contributed by atoms with Gasteiger partial charge in [0.25, 0.3) is 0 Å². The zero-order valence-corrected chi connectivity index (χ0v) is 16.1. The van der Waals surface area contributed by atoms with Crippen LogP contribution in [-0.2, 0) is 4.79 Å². The molecule has 2 aromatic carbocycles. The third-order valence-electron chi connectivity index (χ3n) is 3.45. The highest BCUT2D eigenvalue weighted by Gasteiger charge is 2.17. The number of anilines is 1. The lowest BCUT2D eigenvalue weighted by atomic mass is 10.2. The Balaban J connectivity index is 1.62. The number of carbonyl (C=O) groups excluding carboxylic acids is 1. The fourth-order valence-corrected chi connectivity index (χ4v) is 3.81. The summed E-state index contributed by atoms with van der Waals surface area (Å²) in [6, 6.07) is 15.5. The van der Waals surface area contributed by atoms with Crippen LogP contribution >= 0.6 is 34.7 Å². The standard InChI is InChI=1S/C18H16ClN3OS2/c1-11-3-9-15(10-4-11)24-12(2)16(23)20-18-22-21-17(25-18)13-5-7-14(19)8-6-13/h3-10,12H,1-2H3,(H,20,22,23)/t12-/m1/s1. The second-order valence-corrected chi connectivity index (χ2v) is 8.31. The lowest BCUT2D eigenvalue weighted by Gasteiger charge is -2.10. The quantitative estimate of drug-likeness (QED) is 0.602. The van der Waals surface area contributed by atoms with E-state index in [-0.39, 0.29) is 11.2 Å². The molecular weight excluding hydrogens is 374 g/mol. The van der Waals surface area contributed by atoms with Crippen molar-refractivity contribution in [3.8, 4) is 10.6 Å². The van der Waals surface area contributed by atoms with Crippen molar-refractivity contribution in [3.63, 3.8) is 0 Å². The second kappa shape index (κ2) is 7.99. The first kappa shape index (κ1) is 17.9. The number of hydrogen-bond donors (Lipinski definition) is 1. The molecule has 3 rings (SSSR count). The number of halogens is 1. The summed E-state index contributed by atoms with van der Waals surface area (Å²) in [5.74, 6) is -0.0932. The number of nitrogens with one attached hydrogen (secondary N) is 1. The van der Waals surface area contributed by atoms with Gasteiger partial charge in [-0.1, -0.05) is 52.8 Å². The van der Waals surface area contributed by atoms with Crippen LogP contribution in [0.25, 0.3) is 10.6 Å². The Labute approximate surface area is 159 Å². The molecule has 0 spiro atoms. The van der Waals surface area contributed by atoms with E-state index in [2.05, 4.69) is 15.5 Å². The fraction of sp³-hybridized carbons (Fsp3) is 0.167. The predicted octanol–water partition coefficient (Wildman–Crippen LogP) is 5.29. The zero-order chi connectivity index (χ0) is 17.8. The van der Waals surface area contributed by atoms with E-state index in [0.29, 0.717) is 10.2 Å². The minimum atomic E-state index is -0.231. The fourth-order valence-electron chi connectivity index (χ4n) is 2.06. The summed E-state index contributed by atoms with van der Waals surface area (Å²) in [6.45, 7) is 3.92. The van der Waals surface area contributed by atoms with Crippen molar-refractivity contribution in [2.75, 3.05) is 5.32 Å². The third kappa shape index (κ3) is 4.81. The molecule has 0 saturated heterocycles. The van der Waals surface area contributed by atoms with Gasteiger partial charge in [0, 0.05) is 15.5 Å². The van der Waals surface area contributed by atoms with Crippen LogP contribution < -0.4 is 5.32 Å². The third-order valence-corrected chi connectivity index (χ3v) is 5.70. The van der Waals surface area contributed by atoms with Crippen molar-refractivity contribution in [1.82, 2.24) is 10.2 Å². The molecule has 128 valence electrons. The van der Waals surface area contributed by atoms with E-state index >= 15 is 0 Å². The molecule has 7 heteroatoms. The molecule has 1 aromatic heterocycles. The summed E-state index contributed by atoms with van der Waals surface area (Å²) in [5.41, 5.74) is 2.12. The minimum absolute atomic E-state index is 0.0932. The van der Waals surface area contributed by atoms with Gasteiger partial charge in [-0.2, -0.15) is 0 Å². The molecular formula is C18H16ClN3OS2. The summed E-state index contributed by atoms with van der Waals surface area (Å²) in [7, 11) is 0. The lowest BCUT2D eigenvalue weighted by molar-refractivity contribution is -0.115. The molecule has 3 aromatic rings. The van der Waals surface area contributed by atoms with Crippen LogP contribution in [0.3, 0.4) is 0 Å². The largest absolute Gasteiger partial charge is 0.300 e. The van der Waals surface area contributed by atoms with Crippen LogP contribution in [0, 0.1) is 6.92 Å². The summed E-state index contributed by atoms with van der Waals surface area (Å²) < 4.78 is 0. The number of thioether (sulfide) groups is 1. The molecule has 0 fully saturated rings. The van der Waals surface area contributed by atoms with Crippen molar-refractivity contribution >= 4 is 45.7 Å². The SMILES string of the molecule is Cc1ccc(S[C@H](C)C(=O)Nc2nnc(-c3ccc(Cl)cc3)s2)cc1. The van der Waals surface area contributed by atoms with Crippen LogP contribution in [0.5, 0.6) is 0 Å². The minimum Gasteiger partial charge on any atom is -0.300 e. The van der Waals surface area contributed by atoms with Gasteiger partial charge < -0.3 is 0 Å². The first-order valence-corrected chi connectivity index (χ1v) is 9.72. The van der Waals surface area contributed by atoms with Gasteiger partial charge in [0.15, 0.2) is 0 Å². The number of hydrogen-bond acceptors (Lipinski definition) is 5. The molecule has 4 nitrogen and oxygen atoms in total. The number of rotatable bonds is 5.